The Morgan fingerprint density at radius 3 is 2.61 bits per heavy atom. The fourth-order valence-electron chi connectivity index (χ4n) is 3.73. The van der Waals surface area contributed by atoms with E-state index in [0.717, 1.165) is 5.56 Å². The van der Waals surface area contributed by atoms with Crippen LogP contribution in [0.5, 0.6) is 0 Å². The summed E-state index contributed by atoms with van der Waals surface area (Å²) in [5.74, 6) is -1.17. The predicted octanol–water partition coefficient (Wildman–Crippen LogP) is 4.48. The molecule has 11 heteroatoms. The lowest BCUT2D eigenvalue weighted by molar-refractivity contribution is 0.0682. The second-order valence-electron chi connectivity index (χ2n) is 7.19. The Balaban J connectivity index is 1.90. The highest BCUT2D eigenvalue weighted by Gasteiger charge is 2.38. The number of hydrogen-bond acceptors (Lipinski definition) is 5. The van der Waals surface area contributed by atoms with Gasteiger partial charge in [0.1, 0.15) is 10.3 Å². The second kappa shape index (κ2) is 8.74. The molecule has 4 N–H and O–H groups in total. The van der Waals surface area contributed by atoms with Gasteiger partial charge in [0, 0.05) is 25.0 Å². The Kier molecular flexibility index (Phi) is 6.37. The largest absolute Gasteiger partial charge is 0.477 e. The molecule has 0 aliphatic carbocycles. The van der Waals surface area contributed by atoms with Crippen molar-refractivity contribution in [3.63, 3.8) is 0 Å². The lowest BCUT2D eigenvalue weighted by Gasteiger charge is -2.42. The number of fused-ring (bicyclic) bond motifs is 1. The molecule has 31 heavy (non-hydrogen) atoms. The minimum absolute atomic E-state index is 0.0771. The minimum atomic E-state index is -3.14. The van der Waals surface area contributed by atoms with Gasteiger partial charge in [0.25, 0.3) is 0 Å². The predicted molar refractivity (Wildman–Crippen MR) is 125 cm³/mol. The Labute approximate surface area is 192 Å². The molecule has 1 aliphatic heterocycles. The molecule has 3 aromatic rings. The van der Waals surface area contributed by atoms with Gasteiger partial charge in [-0.2, -0.15) is 10.6 Å². The Hall–Kier alpha value is -1.59. The monoisotopic (exact) mass is 502 g/mol. The molecule has 0 bridgehead atoms. The third kappa shape index (κ3) is 4.23. The molecule has 7 nitrogen and oxygen atoms in total. The molecule has 0 saturated carbocycles. The number of para-hydroxylation sites is 1. The van der Waals surface area contributed by atoms with Gasteiger partial charge in [-0.25, -0.2) is 4.79 Å². The third-order valence-electron chi connectivity index (χ3n) is 5.20. The van der Waals surface area contributed by atoms with E-state index in [1.54, 1.807) is 47.0 Å². The summed E-state index contributed by atoms with van der Waals surface area (Å²) in [5, 5.41) is 14.3. The molecule has 2 unspecified atom stereocenters. The van der Waals surface area contributed by atoms with Crippen LogP contribution in [0.3, 0.4) is 0 Å². The molecule has 1 aromatic heterocycles. The number of benzene rings is 2. The third-order valence-corrected chi connectivity index (χ3v) is 10.7. The SMILES string of the molecule is O=C(O)c1c(S(=O)C2CNCCS2(O)O)c2ccccc2n1Cc1ccc(Cl)c(Cl)c1. The Bertz CT molecular complexity index is 1200. The number of nitrogens with zero attached hydrogens (tertiary/aromatic N) is 1. The van der Waals surface area contributed by atoms with Crippen LogP contribution in [-0.2, 0) is 17.3 Å². The van der Waals surface area contributed by atoms with Crippen molar-refractivity contribution >= 4 is 61.5 Å². The molecular weight excluding hydrogens is 483 g/mol. The van der Waals surface area contributed by atoms with Crippen LogP contribution in [0.4, 0.5) is 0 Å². The van der Waals surface area contributed by atoms with Crippen molar-refractivity contribution in [3.8, 4) is 0 Å². The van der Waals surface area contributed by atoms with Gasteiger partial charge >= 0.3 is 5.97 Å². The van der Waals surface area contributed by atoms with Gasteiger partial charge in [-0.15, -0.1) is 0 Å². The fourth-order valence-corrected chi connectivity index (χ4v) is 8.15. The van der Waals surface area contributed by atoms with Crippen molar-refractivity contribution in [1.29, 1.82) is 0 Å². The van der Waals surface area contributed by atoms with Gasteiger partial charge in [-0.1, -0.05) is 47.5 Å². The zero-order valence-electron chi connectivity index (χ0n) is 16.1. The summed E-state index contributed by atoms with van der Waals surface area (Å²) in [5.41, 5.74) is 1.15. The first-order valence-corrected chi connectivity index (χ1v) is 13.1. The van der Waals surface area contributed by atoms with Gasteiger partial charge in [0.15, 0.2) is 0 Å². The average Bonchev–Trinajstić information content (AvgIpc) is 3.04. The molecule has 2 heterocycles. The summed E-state index contributed by atoms with van der Waals surface area (Å²) in [6, 6.07) is 12.0. The van der Waals surface area contributed by atoms with E-state index in [0.29, 0.717) is 27.5 Å². The van der Waals surface area contributed by atoms with Crippen molar-refractivity contribution in [2.24, 2.45) is 0 Å². The van der Waals surface area contributed by atoms with E-state index < -0.39 is 31.9 Å². The topological polar surface area (TPSA) is 112 Å². The quantitative estimate of drug-likeness (QED) is 0.409. The van der Waals surface area contributed by atoms with Gasteiger partial charge in [-0.3, -0.25) is 13.3 Å². The van der Waals surface area contributed by atoms with Crippen molar-refractivity contribution in [2.45, 2.75) is 16.0 Å². The first-order valence-electron chi connectivity index (χ1n) is 9.35. The number of halogens is 2. The highest BCUT2D eigenvalue weighted by molar-refractivity contribution is 8.30. The molecule has 0 spiro atoms. The highest BCUT2D eigenvalue weighted by Crippen LogP contribution is 2.49. The maximum atomic E-state index is 13.6. The summed E-state index contributed by atoms with van der Waals surface area (Å²) in [6.07, 6.45) is 0. The summed E-state index contributed by atoms with van der Waals surface area (Å²) < 4.78 is 35.1. The molecule has 166 valence electrons. The molecule has 1 saturated heterocycles. The lowest BCUT2D eigenvalue weighted by Crippen LogP contribution is -2.43. The van der Waals surface area contributed by atoms with E-state index in [9.17, 15) is 23.2 Å². The summed E-state index contributed by atoms with van der Waals surface area (Å²) in [7, 11) is -5.10. The van der Waals surface area contributed by atoms with E-state index in [2.05, 4.69) is 5.32 Å². The molecule has 0 amide bonds. The first kappa shape index (κ1) is 22.6. The molecule has 2 atom stereocenters. The van der Waals surface area contributed by atoms with Crippen LogP contribution >= 0.6 is 33.8 Å². The second-order valence-corrected chi connectivity index (χ2v) is 12.3. The number of carboxylic acid groups (broad SMARTS) is 1. The zero-order chi connectivity index (χ0) is 22.3. The van der Waals surface area contributed by atoms with Crippen LogP contribution in [0.15, 0.2) is 47.4 Å². The number of rotatable bonds is 5. The van der Waals surface area contributed by atoms with E-state index in [4.69, 9.17) is 23.2 Å². The van der Waals surface area contributed by atoms with Crippen molar-refractivity contribution in [2.75, 3.05) is 18.8 Å². The van der Waals surface area contributed by atoms with Crippen LogP contribution in [0, 0.1) is 0 Å². The number of aromatic nitrogens is 1. The normalized spacial score (nSPS) is 20.5. The molecule has 4 rings (SSSR count). The van der Waals surface area contributed by atoms with Crippen molar-refractivity contribution in [1.82, 2.24) is 9.88 Å². The van der Waals surface area contributed by atoms with Crippen molar-refractivity contribution in [3.05, 3.63) is 63.8 Å². The van der Waals surface area contributed by atoms with E-state index >= 15 is 0 Å². The van der Waals surface area contributed by atoms with Crippen LogP contribution in [-0.4, -0.2) is 52.4 Å². The smallest absolute Gasteiger partial charge is 0.353 e. The highest BCUT2D eigenvalue weighted by atomic mass is 35.5. The van der Waals surface area contributed by atoms with Gasteiger partial charge in [0.05, 0.1) is 37.0 Å². The lowest BCUT2D eigenvalue weighted by atomic mass is 10.2. The number of hydrogen-bond donors (Lipinski definition) is 4. The fraction of sp³-hybridized carbons (Fsp3) is 0.250. The van der Waals surface area contributed by atoms with Gasteiger partial charge in [-0.05, 0) is 23.8 Å². The maximum absolute atomic E-state index is 13.6. The standard InChI is InChI=1S/C20H20Cl2N2O5S2/c21-14-6-5-12(9-15(14)22)11-24-16-4-2-1-3-13(16)19(18(24)20(25)26)30(27)17-10-23-7-8-31(17,28)29/h1-6,9,17,23,28-29H,7-8,10-11H2,(H,25,26). The number of aromatic carboxylic acids is 1. The summed E-state index contributed by atoms with van der Waals surface area (Å²) in [4.78, 5) is 12.4. The molecule has 2 aromatic carbocycles. The zero-order valence-corrected chi connectivity index (χ0v) is 19.3. The minimum Gasteiger partial charge on any atom is -0.477 e. The van der Waals surface area contributed by atoms with Crippen LogP contribution in [0.1, 0.15) is 16.1 Å². The number of carbonyl (C=O) groups is 1. The number of carboxylic acids is 1. The molecule has 1 aliphatic rings. The summed E-state index contributed by atoms with van der Waals surface area (Å²) >= 11 is 12.1. The number of nitrogens with one attached hydrogen (secondary N) is 1. The van der Waals surface area contributed by atoms with Crippen LogP contribution in [0.25, 0.3) is 10.9 Å². The Morgan fingerprint density at radius 1 is 1.19 bits per heavy atom. The van der Waals surface area contributed by atoms with E-state index in [1.165, 1.54) is 0 Å². The van der Waals surface area contributed by atoms with Crippen molar-refractivity contribution < 1.29 is 23.2 Å². The average molecular weight is 503 g/mol. The maximum Gasteiger partial charge on any atom is 0.353 e. The molecule has 0 radical (unpaired) electrons. The van der Waals surface area contributed by atoms with Gasteiger partial charge in [0.2, 0.25) is 0 Å². The molecular formula is C20H20Cl2N2O5S2. The van der Waals surface area contributed by atoms with Crippen LogP contribution in [0.2, 0.25) is 10.0 Å². The van der Waals surface area contributed by atoms with E-state index in [-0.39, 0.29) is 29.4 Å². The van der Waals surface area contributed by atoms with Gasteiger partial charge < -0.3 is 15.0 Å². The summed E-state index contributed by atoms with van der Waals surface area (Å²) in [6.45, 7) is 0.691. The molecule has 1 fully saturated rings. The Morgan fingerprint density at radius 2 is 1.94 bits per heavy atom. The first-order chi connectivity index (χ1) is 14.7. The van der Waals surface area contributed by atoms with Crippen LogP contribution < -0.4 is 5.32 Å². The van der Waals surface area contributed by atoms with E-state index in [1.807, 2.05) is 0 Å².